The molecule has 1 aliphatic carbocycles. The molecule has 1 aliphatic heterocycles. The second-order valence-corrected chi connectivity index (χ2v) is 5.54. The molecule has 1 atom stereocenters. The van der Waals surface area contributed by atoms with E-state index in [0.29, 0.717) is 18.4 Å². The molecule has 0 bridgehead atoms. The van der Waals surface area contributed by atoms with Crippen molar-refractivity contribution in [2.24, 2.45) is 17.6 Å². The minimum Gasteiger partial charge on any atom is -0.379 e. The maximum absolute atomic E-state index is 11.7. The van der Waals surface area contributed by atoms with Crippen molar-refractivity contribution in [2.45, 2.75) is 38.1 Å². The van der Waals surface area contributed by atoms with Crippen LogP contribution < -0.4 is 16.4 Å². The number of hydrogen-bond donors (Lipinski definition) is 3. The number of urea groups is 1. The van der Waals surface area contributed by atoms with Gasteiger partial charge in [0.25, 0.3) is 0 Å². The Kier molecular flexibility index (Phi) is 5.26. The number of hydrogen-bond acceptors (Lipinski definition) is 3. The van der Waals surface area contributed by atoms with E-state index in [2.05, 4.69) is 10.6 Å². The van der Waals surface area contributed by atoms with Gasteiger partial charge in [-0.25, -0.2) is 4.79 Å². The molecule has 18 heavy (non-hydrogen) atoms. The van der Waals surface area contributed by atoms with Gasteiger partial charge in [-0.3, -0.25) is 0 Å². The standard InChI is InChI=1S/C13H25N3O2/c14-7-10-1-3-11(4-2-10)8-15-13(17)16-12-5-6-18-9-12/h10-12H,1-9,14H2,(H2,15,16,17). The molecule has 0 spiro atoms. The SMILES string of the molecule is NCC1CCC(CNC(=O)NC2CCOC2)CC1. The largest absolute Gasteiger partial charge is 0.379 e. The predicted octanol–water partition coefficient (Wildman–Crippen LogP) is 0.840. The molecular weight excluding hydrogens is 230 g/mol. The third kappa shape index (κ3) is 4.14. The molecule has 2 fully saturated rings. The van der Waals surface area contributed by atoms with Crippen molar-refractivity contribution in [3.8, 4) is 0 Å². The van der Waals surface area contributed by atoms with E-state index in [9.17, 15) is 4.79 Å². The highest BCUT2D eigenvalue weighted by atomic mass is 16.5. The van der Waals surface area contributed by atoms with Crippen LogP contribution in [-0.2, 0) is 4.74 Å². The van der Waals surface area contributed by atoms with Crippen LogP contribution in [0.4, 0.5) is 4.79 Å². The highest BCUT2D eigenvalue weighted by molar-refractivity contribution is 5.74. The van der Waals surface area contributed by atoms with Crippen LogP contribution >= 0.6 is 0 Å². The van der Waals surface area contributed by atoms with Gasteiger partial charge in [-0.05, 0) is 50.5 Å². The lowest BCUT2D eigenvalue weighted by Crippen LogP contribution is -2.44. The van der Waals surface area contributed by atoms with Crippen molar-refractivity contribution in [1.82, 2.24) is 10.6 Å². The maximum atomic E-state index is 11.7. The minimum atomic E-state index is -0.0496. The highest BCUT2D eigenvalue weighted by Gasteiger charge is 2.21. The summed E-state index contributed by atoms with van der Waals surface area (Å²) in [6, 6.07) is 0.143. The number of carbonyl (C=O) groups excluding carboxylic acids is 1. The quantitative estimate of drug-likeness (QED) is 0.696. The van der Waals surface area contributed by atoms with E-state index in [4.69, 9.17) is 10.5 Å². The van der Waals surface area contributed by atoms with Gasteiger partial charge in [-0.2, -0.15) is 0 Å². The Morgan fingerprint density at radius 3 is 2.50 bits per heavy atom. The number of rotatable bonds is 4. The third-order valence-corrected chi connectivity index (χ3v) is 4.12. The number of amides is 2. The lowest BCUT2D eigenvalue weighted by Gasteiger charge is -2.27. The van der Waals surface area contributed by atoms with E-state index in [0.717, 1.165) is 26.1 Å². The molecule has 0 aromatic carbocycles. The zero-order valence-corrected chi connectivity index (χ0v) is 11.0. The van der Waals surface area contributed by atoms with Gasteiger partial charge in [-0.15, -0.1) is 0 Å². The summed E-state index contributed by atoms with van der Waals surface area (Å²) >= 11 is 0. The zero-order chi connectivity index (χ0) is 12.8. The Morgan fingerprint density at radius 2 is 1.89 bits per heavy atom. The summed E-state index contributed by atoms with van der Waals surface area (Å²) in [4.78, 5) is 11.7. The van der Waals surface area contributed by atoms with Crippen molar-refractivity contribution >= 4 is 6.03 Å². The number of ether oxygens (including phenoxy) is 1. The molecule has 0 aromatic heterocycles. The van der Waals surface area contributed by atoms with E-state index >= 15 is 0 Å². The molecule has 2 amide bonds. The fourth-order valence-corrected chi connectivity index (χ4v) is 2.79. The summed E-state index contributed by atoms with van der Waals surface area (Å²) in [7, 11) is 0. The van der Waals surface area contributed by atoms with Crippen LogP contribution in [0.25, 0.3) is 0 Å². The molecule has 0 aromatic rings. The first-order chi connectivity index (χ1) is 8.78. The van der Waals surface area contributed by atoms with Crippen LogP contribution in [0.3, 0.4) is 0 Å². The first-order valence-electron chi connectivity index (χ1n) is 7.10. The van der Waals surface area contributed by atoms with Crippen molar-refractivity contribution in [1.29, 1.82) is 0 Å². The molecule has 4 N–H and O–H groups in total. The van der Waals surface area contributed by atoms with Gasteiger partial charge in [0.2, 0.25) is 0 Å². The van der Waals surface area contributed by atoms with Crippen molar-refractivity contribution in [3.63, 3.8) is 0 Å². The smallest absolute Gasteiger partial charge is 0.315 e. The topological polar surface area (TPSA) is 76.4 Å². The Morgan fingerprint density at radius 1 is 1.17 bits per heavy atom. The maximum Gasteiger partial charge on any atom is 0.315 e. The summed E-state index contributed by atoms with van der Waals surface area (Å²) in [5.41, 5.74) is 5.67. The number of nitrogens with one attached hydrogen (secondary N) is 2. The summed E-state index contributed by atoms with van der Waals surface area (Å²) in [5, 5.41) is 5.92. The van der Waals surface area contributed by atoms with E-state index in [1.165, 1.54) is 25.7 Å². The second-order valence-electron chi connectivity index (χ2n) is 5.54. The predicted molar refractivity (Wildman–Crippen MR) is 70.3 cm³/mol. The van der Waals surface area contributed by atoms with E-state index in [1.807, 2.05) is 0 Å². The molecule has 1 heterocycles. The van der Waals surface area contributed by atoms with Crippen LogP contribution in [0.2, 0.25) is 0 Å². The molecule has 2 rings (SSSR count). The van der Waals surface area contributed by atoms with Crippen LogP contribution in [0, 0.1) is 11.8 Å². The van der Waals surface area contributed by atoms with Gasteiger partial charge < -0.3 is 21.1 Å². The summed E-state index contributed by atoms with van der Waals surface area (Å²) in [6.45, 7) is 3.00. The van der Waals surface area contributed by atoms with Crippen LogP contribution in [-0.4, -0.2) is 38.4 Å². The summed E-state index contributed by atoms with van der Waals surface area (Å²) in [6.07, 6.45) is 5.72. The van der Waals surface area contributed by atoms with Crippen LogP contribution in [0.1, 0.15) is 32.1 Å². The van der Waals surface area contributed by atoms with Crippen molar-refractivity contribution < 1.29 is 9.53 Å². The normalized spacial score (nSPS) is 32.2. The van der Waals surface area contributed by atoms with Crippen LogP contribution in [0.15, 0.2) is 0 Å². The Balaban J connectivity index is 1.58. The van der Waals surface area contributed by atoms with Gasteiger partial charge in [0.05, 0.1) is 12.6 Å². The van der Waals surface area contributed by atoms with Gasteiger partial charge in [-0.1, -0.05) is 0 Å². The Labute approximate surface area is 109 Å². The average molecular weight is 255 g/mol. The van der Waals surface area contributed by atoms with Gasteiger partial charge in [0, 0.05) is 13.2 Å². The average Bonchev–Trinajstić information content (AvgIpc) is 2.90. The lowest BCUT2D eigenvalue weighted by atomic mass is 9.82. The van der Waals surface area contributed by atoms with E-state index in [1.54, 1.807) is 0 Å². The first-order valence-corrected chi connectivity index (χ1v) is 7.10. The van der Waals surface area contributed by atoms with Gasteiger partial charge >= 0.3 is 6.03 Å². The number of carbonyl (C=O) groups is 1. The van der Waals surface area contributed by atoms with Gasteiger partial charge in [0.15, 0.2) is 0 Å². The third-order valence-electron chi connectivity index (χ3n) is 4.12. The molecule has 104 valence electrons. The molecule has 5 nitrogen and oxygen atoms in total. The van der Waals surface area contributed by atoms with Gasteiger partial charge in [0.1, 0.15) is 0 Å². The first kappa shape index (κ1) is 13.6. The van der Waals surface area contributed by atoms with Crippen molar-refractivity contribution in [2.75, 3.05) is 26.3 Å². The monoisotopic (exact) mass is 255 g/mol. The fourth-order valence-electron chi connectivity index (χ4n) is 2.79. The number of nitrogens with two attached hydrogens (primary N) is 1. The molecule has 5 heteroatoms. The molecule has 1 saturated heterocycles. The van der Waals surface area contributed by atoms with Crippen molar-refractivity contribution in [3.05, 3.63) is 0 Å². The summed E-state index contributed by atoms with van der Waals surface area (Å²) < 4.78 is 5.22. The highest BCUT2D eigenvalue weighted by Crippen LogP contribution is 2.27. The van der Waals surface area contributed by atoms with E-state index in [-0.39, 0.29) is 12.1 Å². The van der Waals surface area contributed by atoms with E-state index < -0.39 is 0 Å². The molecule has 1 unspecified atom stereocenters. The molecular formula is C13H25N3O2. The zero-order valence-electron chi connectivity index (χ0n) is 11.0. The molecule has 0 radical (unpaired) electrons. The second kappa shape index (κ2) is 6.95. The Hall–Kier alpha value is -0.810. The van der Waals surface area contributed by atoms with Crippen LogP contribution in [0.5, 0.6) is 0 Å². The Bertz CT molecular complexity index is 259. The molecule has 1 saturated carbocycles. The lowest BCUT2D eigenvalue weighted by molar-refractivity contribution is 0.188. The summed E-state index contributed by atoms with van der Waals surface area (Å²) in [5.74, 6) is 1.32. The molecule has 2 aliphatic rings. The fraction of sp³-hybridized carbons (Fsp3) is 0.923. The minimum absolute atomic E-state index is 0.0496.